The van der Waals surface area contributed by atoms with Gasteiger partial charge in [-0.25, -0.2) is 4.98 Å². The van der Waals surface area contributed by atoms with Gasteiger partial charge in [0.1, 0.15) is 24.7 Å². The first-order valence-corrected chi connectivity index (χ1v) is 10.1. The van der Waals surface area contributed by atoms with Crippen molar-refractivity contribution in [3.05, 3.63) is 59.4 Å². The second-order valence-corrected chi connectivity index (χ2v) is 7.42. The van der Waals surface area contributed by atoms with Gasteiger partial charge >= 0.3 is 5.97 Å². The molecule has 0 radical (unpaired) electrons. The molecule has 2 aromatic carbocycles. The summed E-state index contributed by atoms with van der Waals surface area (Å²) in [4.78, 5) is 28.7. The number of esters is 1. The SMILES string of the molecule is CC(C)OC(=O)CCNC(=O)Cn1c(COc2ccc(Cl)cc2)nc2ccccc21. The molecule has 1 aromatic heterocycles. The molecule has 0 aliphatic rings. The molecule has 0 aliphatic carbocycles. The van der Waals surface area contributed by atoms with Gasteiger partial charge in [0.15, 0.2) is 0 Å². The van der Waals surface area contributed by atoms with Crippen LogP contribution >= 0.6 is 11.6 Å². The number of carbonyl (C=O) groups excluding carboxylic acids is 2. The van der Waals surface area contributed by atoms with Gasteiger partial charge in [-0.15, -0.1) is 0 Å². The normalized spacial score (nSPS) is 10.9. The highest BCUT2D eigenvalue weighted by molar-refractivity contribution is 6.30. The number of rotatable bonds is 9. The number of halogens is 1. The minimum absolute atomic E-state index is 0.0685. The molecule has 0 saturated heterocycles. The third-order valence-electron chi connectivity index (χ3n) is 4.24. The molecule has 0 aliphatic heterocycles. The lowest BCUT2D eigenvalue weighted by atomic mass is 10.3. The molecule has 158 valence electrons. The maximum Gasteiger partial charge on any atom is 0.307 e. The van der Waals surface area contributed by atoms with Gasteiger partial charge < -0.3 is 19.4 Å². The Balaban J connectivity index is 1.66. The Morgan fingerprint density at radius 3 is 2.60 bits per heavy atom. The molecule has 0 spiro atoms. The number of fused-ring (bicyclic) bond motifs is 1. The van der Waals surface area contributed by atoms with Gasteiger partial charge in [0, 0.05) is 11.6 Å². The zero-order chi connectivity index (χ0) is 21.5. The van der Waals surface area contributed by atoms with Gasteiger partial charge in [-0.3, -0.25) is 9.59 Å². The van der Waals surface area contributed by atoms with E-state index in [4.69, 9.17) is 21.1 Å². The summed E-state index contributed by atoms with van der Waals surface area (Å²) < 4.78 is 12.7. The third kappa shape index (κ3) is 5.97. The fourth-order valence-corrected chi connectivity index (χ4v) is 3.04. The summed E-state index contributed by atoms with van der Waals surface area (Å²) in [6.45, 7) is 4.06. The smallest absolute Gasteiger partial charge is 0.307 e. The Morgan fingerprint density at radius 1 is 1.13 bits per heavy atom. The Labute approximate surface area is 179 Å². The lowest BCUT2D eigenvalue weighted by molar-refractivity contribution is -0.147. The predicted molar refractivity (Wildman–Crippen MR) is 114 cm³/mol. The first-order valence-electron chi connectivity index (χ1n) is 9.71. The number of hydrogen-bond acceptors (Lipinski definition) is 5. The van der Waals surface area contributed by atoms with Crippen LogP contribution in [-0.2, 0) is 27.5 Å². The molecule has 0 unspecified atom stereocenters. The molecule has 0 fully saturated rings. The van der Waals surface area contributed by atoms with Crippen molar-refractivity contribution in [1.29, 1.82) is 0 Å². The largest absolute Gasteiger partial charge is 0.486 e. The topological polar surface area (TPSA) is 82.5 Å². The average molecular weight is 430 g/mol. The van der Waals surface area contributed by atoms with E-state index < -0.39 is 0 Å². The average Bonchev–Trinajstić information content (AvgIpc) is 3.04. The van der Waals surface area contributed by atoms with Gasteiger partial charge in [0.05, 0.1) is 23.6 Å². The number of ether oxygens (including phenoxy) is 2. The number of amides is 1. The van der Waals surface area contributed by atoms with Crippen molar-refractivity contribution in [3.63, 3.8) is 0 Å². The second kappa shape index (κ2) is 10.1. The van der Waals surface area contributed by atoms with Crippen molar-refractivity contribution in [1.82, 2.24) is 14.9 Å². The van der Waals surface area contributed by atoms with Crippen molar-refractivity contribution in [2.75, 3.05) is 6.54 Å². The van der Waals surface area contributed by atoms with Crippen LogP contribution in [0.1, 0.15) is 26.1 Å². The number of nitrogens with zero attached hydrogens (tertiary/aromatic N) is 2. The van der Waals surface area contributed by atoms with E-state index in [1.165, 1.54) is 0 Å². The Morgan fingerprint density at radius 2 is 1.87 bits per heavy atom. The van der Waals surface area contributed by atoms with Crippen LogP contribution in [0.15, 0.2) is 48.5 Å². The molecule has 1 N–H and O–H groups in total. The van der Waals surface area contributed by atoms with E-state index in [1.54, 1.807) is 38.1 Å². The van der Waals surface area contributed by atoms with E-state index in [0.29, 0.717) is 16.6 Å². The number of hydrogen-bond donors (Lipinski definition) is 1. The zero-order valence-electron chi connectivity index (χ0n) is 16.9. The minimum atomic E-state index is -0.338. The van der Waals surface area contributed by atoms with Crippen LogP contribution < -0.4 is 10.1 Å². The molecule has 0 bridgehead atoms. The van der Waals surface area contributed by atoms with Crippen molar-refractivity contribution in [3.8, 4) is 5.75 Å². The van der Waals surface area contributed by atoms with E-state index >= 15 is 0 Å². The minimum Gasteiger partial charge on any atom is -0.486 e. The van der Waals surface area contributed by atoms with Crippen LogP contribution in [0.25, 0.3) is 11.0 Å². The monoisotopic (exact) mass is 429 g/mol. The molecule has 3 rings (SSSR count). The number of nitrogens with one attached hydrogen (secondary N) is 1. The summed E-state index contributed by atoms with van der Waals surface area (Å²) >= 11 is 5.91. The summed E-state index contributed by atoms with van der Waals surface area (Å²) in [5, 5.41) is 3.38. The summed E-state index contributed by atoms with van der Waals surface area (Å²) in [5.74, 6) is 0.727. The van der Waals surface area contributed by atoms with Crippen LogP contribution in [0.5, 0.6) is 5.75 Å². The van der Waals surface area contributed by atoms with E-state index in [9.17, 15) is 9.59 Å². The number of imidazole rings is 1. The first-order chi connectivity index (χ1) is 14.4. The Kier molecular flexibility index (Phi) is 7.30. The Hall–Kier alpha value is -3.06. The number of aromatic nitrogens is 2. The van der Waals surface area contributed by atoms with Gasteiger partial charge in [-0.1, -0.05) is 23.7 Å². The molecular formula is C22H24ClN3O4. The summed E-state index contributed by atoms with van der Waals surface area (Å²) in [6.07, 6.45) is -0.0464. The van der Waals surface area contributed by atoms with Crippen LogP contribution in [0.3, 0.4) is 0 Å². The highest BCUT2D eigenvalue weighted by Gasteiger charge is 2.15. The third-order valence-corrected chi connectivity index (χ3v) is 4.49. The molecule has 0 atom stereocenters. The van der Waals surface area contributed by atoms with Gasteiger partial charge in [0.25, 0.3) is 0 Å². The van der Waals surface area contributed by atoms with Crippen molar-refractivity contribution in [2.24, 2.45) is 0 Å². The summed E-state index contributed by atoms with van der Waals surface area (Å²) in [7, 11) is 0. The molecule has 30 heavy (non-hydrogen) atoms. The van der Waals surface area contributed by atoms with E-state index in [0.717, 1.165) is 11.0 Å². The van der Waals surface area contributed by atoms with Gasteiger partial charge in [0.2, 0.25) is 5.91 Å². The van der Waals surface area contributed by atoms with E-state index in [2.05, 4.69) is 10.3 Å². The number of para-hydroxylation sites is 2. The molecule has 7 nitrogen and oxygen atoms in total. The molecule has 1 amide bonds. The fraction of sp³-hybridized carbons (Fsp3) is 0.318. The van der Waals surface area contributed by atoms with Gasteiger partial charge in [-0.05, 0) is 50.2 Å². The van der Waals surface area contributed by atoms with E-state index in [1.807, 2.05) is 28.8 Å². The van der Waals surface area contributed by atoms with Crippen LogP contribution in [-0.4, -0.2) is 34.1 Å². The zero-order valence-corrected chi connectivity index (χ0v) is 17.7. The molecular weight excluding hydrogens is 406 g/mol. The number of carbonyl (C=O) groups is 2. The second-order valence-electron chi connectivity index (χ2n) is 6.98. The lowest BCUT2D eigenvalue weighted by Crippen LogP contribution is -2.30. The van der Waals surface area contributed by atoms with Gasteiger partial charge in [-0.2, -0.15) is 0 Å². The highest BCUT2D eigenvalue weighted by atomic mass is 35.5. The first kappa shape index (κ1) is 21.6. The van der Waals surface area contributed by atoms with Crippen molar-refractivity contribution >= 4 is 34.5 Å². The molecule has 8 heteroatoms. The quantitative estimate of drug-likeness (QED) is 0.524. The molecule has 0 saturated carbocycles. The lowest BCUT2D eigenvalue weighted by Gasteiger charge is -2.11. The number of benzene rings is 2. The molecule has 1 heterocycles. The van der Waals surface area contributed by atoms with Crippen LogP contribution in [0.4, 0.5) is 0 Å². The van der Waals surface area contributed by atoms with E-state index in [-0.39, 0.29) is 44.1 Å². The van der Waals surface area contributed by atoms with Crippen molar-refractivity contribution in [2.45, 2.75) is 39.5 Å². The molecule has 3 aromatic rings. The fourth-order valence-electron chi connectivity index (χ4n) is 2.92. The predicted octanol–water partition coefficient (Wildman–Crippen LogP) is 3.73. The van der Waals surface area contributed by atoms with Crippen LogP contribution in [0.2, 0.25) is 5.02 Å². The summed E-state index contributed by atoms with van der Waals surface area (Å²) in [6, 6.07) is 14.6. The van der Waals surface area contributed by atoms with Crippen molar-refractivity contribution < 1.29 is 19.1 Å². The maximum atomic E-state index is 12.5. The maximum absolute atomic E-state index is 12.5. The highest BCUT2D eigenvalue weighted by Crippen LogP contribution is 2.20. The summed E-state index contributed by atoms with van der Waals surface area (Å²) in [5.41, 5.74) is 1.61. The standard InChI is InChI=1S/C22H24ClN3O4/c1-15(2)30-22(28)11-12-24-21(27)13-26-19-6-4-3-5-18(19)25-20(26)14-29-17-9-7-16(23)8-10-17/h3-10,15H,11-14H2,1-2H3,(H,24,27). The Bertz CT molecular complexity index is 1010. The van der Waals surface area contributed by atoms with Crippen LogP contribution in [0, 0.1) is 0 Å².